The van der Waals surface area contributed by atoms with Gasteiger partial charge in [-0.2, -0.15) is 4.98 Å². The average molecular weight is 349 g/mol. The van der Waals surface area contributed by atoms with Crippen molar-refractivity contribution in [1.82, 2.24) is 9.97 Å². The van der Waals surface area contributed by atoms with E-state index in [1.54, 1.807) is 0 Å². The van der Waals surface area contributed by atoms with E-state index in [0.29, 0.717) is 0 Å². The lowest BCUT2D eigenvalue weighted by molar-refractivity contribution is 0.616. The Hall–Kier alpha value is -1.32. The van der Waals surface area contributed by atoms with E-state index < -0.39 is 0 Å². The number of nitrogens with one attached hydrogen (secondary N) is 1. The fraction of sp³-hybridized carbons (Fsp3) is 0.810. The van der Waals surface area contributed by atoms with Crippen LogP contribution in [-0.4, -0.2) is 29.6 Å². The highest BCUT2D eigenvalue weighted by Gasteiger charge is 2.10. The van der Waals surface area contributed by atoms with Crippen LogP contribution in [0.2, 0.25) is 0 Å². The minimum atomic E-state index is 0.793. The van der Waals surface area contributed by atoms with E-state index >= 15 is 0 Å². The van der Waals surface area contributed by atoms with Crippen molar-refractivity contribution in [3.05, 3.63) is 11.8 Å². The van der Waals surface area contributed by atoms with Gasteiger partial charge in [0, 0.05) is 31.4 Å². The number of hydrogen-bond donors (Lipinski definition) is 1. The Kier molecular flexibility index (Phi) is 12.1. The second kappa shape index (κ2) is 13.9. The third-order valence-electron chi connectivity index (χ3n) is 4.54. The van der Waals surface area contributed by atoms with Gasteiger partial charge >= 0.3 is 0 Å². The summed E-state index contributed by atoms with van der Waals surface area (Å²) in [7, 11) is 0. The van der Waals surface area contributed by atoms with Crippen LogP contribution in [-0.2, 0) is 0 Å². The van der Waals surface area contributed by atoms with Crippen LogP contribution < -0.4 is 10.2 Å². The molecule has 0 spiro atoms. The molecule has 144 valence electrons. The predicted octanol–water partition coefficient (Wildman–Crippen LogP) is 5.96. The highest BCUT2D eigenvalue weighted by molar-refractivity contribution is 5.44. The maximum Gasteiger partial charge on any atom is 0.224 e. The van der Waals surface area contributed by atoms with Crippen LogP contribution in [0.25, 0.3) is 0 Å². The molecule has 0 fully saturated rings. The van der Waals surface area contributed by atoms with Crippen molar-refractivity contribution in [2.24, 2.45) is 0 Å². The number of aromatic nitrogens is 2. The first kappa shape index (κ1) is 21.7. The zero-order valence-corrected chi connectivity index (χ0v) is 17.1. The van der Waals surface area contributed by atoms with Crippen LogP contribution in [0.5, 0.6) is 0 Å². The van der Waals surface area contributed by atoms with Gasteiger partial charge in [-0.3, -0.25) is 0 Å². The summed E-state index contributed by atoms with van der Waals surface area (Å²) >= 11 is 0. The summed E-state index contributed by atoms with van der Waals surface area (Å²) in [6.07, 6.45) is 12.7. The maximum absolute atomic E-state index is 4.79. The first-order valence-electron chi connectivity index (χ1n) is 10.6. The first-order valence-corrected chi connectivity index (χ1v) is 10.6. The lowest BCUT2D eigenvalue weighted by Crippen LogP contribution is -2.27. The van der Waals surface area contributed by atoms with Crippen LogP contribution in [0.3, 0.4) is 0 Å². The van der Waals surface area contributed by atoms with Gasteiger partial charge in [0.2, 0.25) is 5.95 Å². The number of hydrogen-bond acceptors (Lipinski definition) is 4. The molecule has 0 radical (unpaired) electrons. The standard InChI is InChI=1S/C21H40N4/c1-5-8-11-12-13-14-15-22-21-23-19(4)18-20(24-21)25(16-9-6-2)17-10-7-3/h18H,5-17H2,1-4H3,(H,22,23,24). The molecule has 4 nitrogen and oxygen atoms in total. The summed E-state index contributed by atoms with van der Waals surface area (Å²) in [6.45, 7) is 12.0. The second-order valence-corrected chi connectivity index (χ2v) is 7.08. The van der Waals surface area contributed by atoms with Crippen LogP contribution in [0, 0.1) is 6.92 Å². The Morgan fingerprint density at radius 1 is 0.800 bits per heavy atom. The van der Waals surface area contributed by atoms with Gasteiger partial charge in [-0.25, -0.2) is 4.98 Å². The van der Waals surface area contributed by atoms with Crippen LogP contribution in [0.4, 0.5) is 11.8 Å². The van der Waals surface area contributed by atoms with E-state index in [4.69, 9.17) is 4.98 Å². The first-order chi connectivity index (χ1) is 12.2. The van der Waals surface area contributed by atoms with Crippen LogP contribution >= 0.6 is 0 Å². The number of rotatable bonds is 15. The van der Waals surface area contributed by atoms with Crippen molar-refractivity contribution in [2.75, 3.05) is 29.9 Å². The molecule has 25 heavy (non-hydrogen) atoms. The van der Waals surface area contributed by atoms with E-state index in [2.05, 4.69) is 49.0 Å². The Morgan fingerprint density at radius 3 is 2.04 bits per heavy atom. The molecule has 1 N–H and O–H groups in total. The minimum Gasteiger partial charge on any atom is -0.356 e. The van der Waals surface area contributed by atoms with Gasteiger partial charge in [0.1, 0.15) is 5.82 Å². The van der Waals surface area contributed by atoms with Crippen molar-refractivity contribution < 1.29 is 0 Å². The molecule has 0 saturated heterocycles. The third kappa shape index (κ3) is 9.66. The molecule has 0 aromatic carbocycles. The van der Waals surface area contributed by atoms with Gasteiger partial charge in [0.25, 0.3) is 0 Å². The van der Waals surface area contributed by atoms with Crippen molar-refractivity contribution in [1.29, 1.82) is 0 Å². The molecule has 0 amide bonds. The molecule has 0 bridgehead atoms. The molecular formula is C21H40N4. The topological polar surface area (TPSA) is 41.1 Å². The molecule has 1 rings (SSSR count). The minimum absolute atomic E-state index is 0.793. The fourth-order valence-corrected chi connectivity index (χ4v) is 2.94. The van der Waals surface area contributed by atoms with E-state index in [0.717, 1.165) is 37.1 Å². The summed E-state index contributed by atoms with van der Waals surface area (Å²) in [6, 6.07) is 2.13. The lowest BCUT2D eigenvalue weighted by atomic mass is 10.1. The molecule has 1 aromatic heterocycles. The molecule has 0 aliphatic heterocycles. The molecule has 0 aliphatic carbocycles. The summed E-state index contributed by atoms with van der Waals surface area (Å²) in [5.74, 6) is 1.88. The molecule has 0 unspecified atom stereocenters. The van der Waals surface area contributed by atoms with Crippen molar-refractivity contribution in [2.45, 2.75) is 91.9 Å². The highest BCUT2D eigenvalue weighted by Crippen LogP contribution is 2.17. The van der Waals surface area contributed by atoms with Gasteiger partial charge < -0.3 is 10.2 Å². The maximum atomic E-state index is 4.79. The van der Waals surface area contributed by atoms with Crippen molar-refractivity contribution >= 4 is 11.8 Å². The molecule has 4 heteroatoms. The average Bonchev–Trinajstić information content (AvgIpc) is 2.60. The zero-order chi connectivity index (χ0) is 18.3. The summed E-state index contributed by atoms with van der Waals surface area (Å²) < 4.78 is 0. The second-order valence-electron chi connectivity index (χ2n) is 7.08. The molecule has 0 atom stereocenters. The predicted molar refractivity (Wildman–Crippen MR) is 111 cm³/mol. The van der Waals surface area contributed by atoms with E-state index in [9.17, 15) is 0 Å². The third-order valence-corrected chi connectivity index (χ3v) is 4.54. The summed E-state index contributed by atoms with van der Waals surface area (Å²) in [5.41, 5.74) is 1.05. The van der Waals surface area contributed by atoms with Crippen LogP contribution in [0.15, 0.2) is 6.07 Å². The number of unbranched alkanes of at least 4 members (excludes halogenated alkanes) is 7. The summed E-state index contributed by atoms with van der Waals surface area (Å²) in [4.78, 5) is 11.8. The zero-order valence-electron chi connectivity index (χ0n) is 17.1. The van der Waals surface area contributed by atoms with E-state index in [1.165, 1.54) is 64.2 Å². The number of nitrogens with zero attached hydrogens (tertiary/aromatic N) is 3. The SMILES string of the molecule is CCCCCCCCNc1nc(C)cc(N(CCCC)CCCC)n1. The van der Waals surface area contributed by atoms with Crippen molar-refractivity contribution in [3.63, 3.8) is 0 Å². The molecule has 0 aliphatic rings. The Morgan fingerprint density at radius 2 is 1.40 bits per heavy atom. The lowest BCUT2D eigenvalue weighted by Gasteiger charge is -2.24. The molecular weight excluding hydrogens is 308 g/mol. The number of anilines is 2. The summed E-state index contributed by atoms with van der Waals surface area (Å²) in [5, 5.41) is 3.43. The van der Waals surface area contributed by atoms with Gasteiger partial charge in [-0.15, -0.1) is 0 Å². The Balaban J connectivity index is 2.54. The quantitative estimate of drug-likeness (QED) is 0.397. The van der Waals surface area contributed by atoms with Gasteiger partial charge in [0.15, 0.2) is 0 Å². The molecule has 1 aromatic rings. The van der Waals surface area contributed by atoms with Crippen molar-refractivity contribution in [3.8, 4) is 0 Å². The molecule has 0 saturated carbocycles. The van der Waals surface area contributed by atoms with Gasteiger partial charge in [-0.05, 0) is 26.2 Å². The molecule has 1 heterocycles. The Bertz CT molecular complexity index is 440. The number of aryl methyl sites for hydroxylation is 1. The van der Waals surface area contributed by atoms with E-state index in [-0.39, 0.29) is 0 Å². The largest absolute Gasteiger partial charge is 0.356 e. The monoisotopic (exact) mass is 348 g/mol. The Labute approximate surface area is 155 Å². The fourth-order valence-electron chi connectivity index (χ4n) is 2.94. The smallest absolute Gasteiger partial charge is 0.224 e. The normalized spacial score (nSPS) is 10.9. The van der Waals surface area contributed by atoms with Gasteiger partial charge in [-0.1, -0.05) is 65.7 Å². The van der Waals surface area contributed by atoms with E-state index in [1.807, 2.05) is 0 Å². The highest BCUT2D eigenvalue weighted by atomic mass is 15.2. The van der Waals surface area contributed by atoms with Crippen LogP contribution in [0.1, 0.15) is 90.7 Å². The van der Waals surface area contributed by atoms with Gasteiger partial charge in [0.05, 0.1) is 0 Å².